The summed E-state index contributed by atoms with van der Waals surface area (Å²) >= 11 is 0. The van der Waals surface area contributed by atoms with E-state index in [2.05, 4.69) is 10.3 Å². The number of anilines is 2. The predicted octanol–water partition coefficient (Wildman–Crippen LogP) is 1.26. The van der Waals surface area contributed by atoms with Gasteiger partial charge >= 0.3 is 6.09 Å². The van der Waals surface area contributed by atoms with Crippen LogP contribution < -0.4 is 15.1 Å². The normalized spacial score (nSPS) is 19.4. The van der Waals surface area contributed by atoms with Crippen LogP contribution >= 0.6 is 0 Å². The van der Waals surface area contributed by atoms with Gasteiger partial charge in [0.1, 0.15) is 11.8 Å². The molecule has 2 saturated heterocycles. The number of halogens is 2. The molecular weight excluding hydrogens is 488 g/mol. The third kappa shape index (κ3) is 5.33. The number of pyridine rings is 1. The third-order valence-electron chi connectivity index (χ3n) is 5.40. The van der Waals surface area contributed by atoms with E-state index in [9.17, 15) is 18.0 Å². The smallest absolute Gasteiger partial charge is 0.414 e. The zero-order valence-electron chi connectivity index (χ0n) is 18.7. The van der Waals surface area contributed by atoms with Crippen LogP contribution in [0.2, 0.25) is 0 Å². The summed E-state index contributed by atoms with van der Waals surface area (Å²) in [7, 11) is -4.05. The van der Waals surface area contributed by atoms with Gasteiger partial charge in [-0.05, 0) is 12.1 Å². The number of carbonyl (C=O) groups excluding carboxylic acids is 2. The molecule has 0 aliphatic carbocycles. The summed E-state index contributed by atoms with van der Waals surface area (Å²) in [6.45, 7) is 1.04. The molecule has 0 saturated carbocycles. The maximum atomic E-state index is 15.1. The van der Waals surface area contributed by atoms with Crippen molar-refractivity contribution in [2.75, 3.05) is 49.1 Å². The molecule has 2 aliphatic heterocycles. The summed E-state index contributed by atoms with van der Waals surface area (Å²) in [5, 5.41) is 2.32. The Kier molecular flexibility index (Phi) is 7.14. The quantitative estimate of drug-likeness (QED) is 0.616. The Bertz CT molecular complexity index is 1190. The fraction of sp³-hybridized carbons (Fsp3) is 0.381. The van der Waals surface area contributed by atoms with Gasteiger partial charge in [-0.1, -0.05) is 10.5 Å². The van der Waals surface area contributed by atoms with Crippen LogP contribution in [0.25, 0.3) is 0 Å². The monoisotopic (exact) mass is 511 g/mol. The number of carbonyl (C=O) groups is 2. The summed E-state index contributed by atoms with van der Waals surface area (Å²) in [5.41, 5.74) is -0.402. The van der Waals surface area contributed by atoms with Crippen molar-refractivity contribution in [1.82, 2.24) is 14.8 Å². The van der Waals surface area contributed by atoms with Gasteiger partial charge in [0.15, 0.2) is 16.7 Å². The molecule has 1 atom stereocenters. The molecule has 1 aromatic carbocycles. The summed E-state index contributed by atoms with van der Waals surface area (Å²) in [4.78, 5) is 34.8. The number of amides is 2. The molecule has 0 bridgehead atoms. The summed E-state index contributed by atoms with van der Waals surface area (Å²) in [6.07, 6.45) is -0.112. The van der Waals surface area contributed by atoms with E-state index in [4.69, 9.17) is 9.57 Å². The van der Waals surface area contributed by atoms with Gasteiger partial charge in [0, 0.05) is 38.3 Å². The van der Waals surface area contributed by atoms with Gasteiger partial charge in [-0.15, -0.1) is 0 Å². The molecular formula is C21H23F2N5O6S. The number of ether oxygens (including phenoxy) is 1. The van der Waals surface area contributed by atoms with Crippen molar-refractivity contribution in [2.45, 2.75) is 18.1 Å². The molecule has 3 heterocycles. The lowest BCUT2D eigenvalue weighted by atomic mass is 10.2. The fourth-order valence-electron chi connectivity index (χ4n) is 3.76. The summed E-state index contributed by atoms with van der Waals surface area (Å²) < 4.78 is 61.5. The molecule has 1 aromatic heterocycles. The molecule has 188 valence electrons. The second kappa shape index (κ2) is 10.1. The van der Waals surface area contributed by atoms with E-state index in [1.807, 2.05) is 0 Å². The lowest BCUT2D eigenvalue weighted by molar-refractivity contribution is -0.119. The zero-order chi connectivity index (χ0) is 25.2. The van der Waals surface area contributed by atoms with Crippen LogP contribution in [-0.2, 0) is 24.4 Å². The SMILES string of the molecule is CC(=O)NC[C@H]1CN(c2cc(F)c(N3CCON(S(=O)(=O)c4ccccn4)CC3)c(F)c2)C(=O)O1. The van der Waals surface area contributed by atoms with E-state index >= 15 is 8.78 Å². The van der Waals surface area contributed by atoms with E-state index in [0.717, 1.165) is 21.5 Å². The minimum atomic E-state index is -4.05. The van der Waals surface area contributed by atoms with Gasteiger partial charge in [0.05, 0.1) is 31.9 Å². The maximum Gasteiger partial charge on any atom is 0.414 e. The maximum absolute atomic E-state index is 15.1. The highest BCUT2D eigenvalue weighted by Gasteiger charge is 2.35. The largest absolute Gasteiger partial charge is 0.442 e. The minimum Gasteiger partial charge on any atom is -0.442 e. The Balaban J connectivity index is 1.48. The predicted molar refractivity (Wildman–Crippen MR) is 119 cm³/mol. The minimum absolute atomic E-state index is 0.00916. The topological polar surface area (TPSA) is 121 Å². The Labute approximate surface area is 200 Å². The molecule has 35 heavy (non-hydrogen) atoms. The van der Waals surface area contributed by atoms with E-state index < -0.39 is 33.9 Å². The highest BCUT2D eigenvalue weighted by Crippen LogP contribution is 2.31. The van der Waals surface area contributed by atoms with E-state index in [0.29, 0.717) is 0 Å². The van der Waals surface area contributed by atoms with E-state index in [1.165, 1.54) is 30.2 Å². The second-order valence-corrected chi connectivity index (χ2v) is 9.61. The summed E-state index contributed by atoms with van der Waals surface area (Å²) in [5.74, 6) is -2.16. The van der Waals surface area contributed by atoms with E-state index in [-0.39, 0.29) is 61.6 Å². The number of nitrogens with one attached hydrogen (secondary N) is 1. The van der Waals surface area contributed by atoms with Gasteiger partial charge in [-0.25, -0.2) is 27.0 Å². The van der Waals surface area contributed by atoms with Crippen molar-refractivity contribution < 1.29 is 36.4 Å². The van der Waals surface area contributed by atoms with Crippen LogP contribution in [0, 0.1) is 11.6 Å². The third-order valence-corrected chi connectivity index (χ3v) is 7.00. The molecule has 0 spiro atoms. The first-order valence-electron chi connectivity index (χ1n) is 10.7. The number of nitrogens with zero attached hydrogens (tertiary/aromatic N) is 4. The van der Waals surface area contributed by atoms with Crippen LogP contribution in [-0.4, -0.2) is 75.3 Å². The lowest BCUT2D eigenvalue weighted by Gasteiger charge is -2.24. The molecule has 1 N–H and O–H groups in total. The Morgan fingerprint density at radius 1 is 1.20 bits per heavy atom. The van der Waals surface area contributed by atoms with Gasteiger partial charge in [-0.2, -0.15) is 0 Å². The molecule has 11 nitrogen and oxygen atoms in total. The van der Waals surface area contributed by atoms with Crippen molar-refractivity contribution in [1.29, 1.82) is 0 Å². The zero-order valence-corrected chi connectivity index (χ0v) is 19.5. The van der Waals surface area contributed by atoms with Crippen LogP contribution in [0.15, 0.2) is 41.6 Å². The molecule has 2 amide bonds. The average molecular weight is 512 g/mol. The first kappa shape index (κ1) is 24.8. The van der Waals surface area contributed by atoms with Crippen molar-refractivity contribution in [3.8, 4) is 0 Å². The average Bonchev–Trinajstić information content (AvgIpc) is 3.02. The Morgan fingerprint density at radius 3 is 2.60 bits per heavy atom. The number of hydrogen-bond acceptors (Lipinski definition) is 8. The van der Waals surface area contributed by atoms with Crippen molar-refractivity contribution in [2.24, 2.45) is 0 Å². The highest BCUT2D eigenvalue weighted by molar-refractivity contribution is 7.88. The van der Waals surface area contributed by atoms with Crippen molar-refractivity contribution in [3.05, 3.63) is 48.2 Å². The second-order valence-electron chi connectivity index (χ2n) is 7.83. The number of hydrogen-bond donors (Lipinski definition) is 1. The fourth-order valence-corrected chi connectivity index (χ4v) is 4.94. The standard InChI is InChI=1S/C21H23F2N5O6S/c1-14(29)25-12-16-13-27(21(30)34-16)15-10-17(22)20(18(23)11-15)26-6-7-28(33-9-8-26)35(31,32)19-4-2-3-5-24-19/h2-5,10-11,16H,6-9,12-13H2,1H3,(H,25,29)/t16-/m0/s1. The Hall–Kier alpha value is -3.36. The van der Waals surface area contributed by atoms with Crippen molar-refractivity contribution in [3.63, 3.8) is 0 Å². The van der Waals surface area contributed by atoms with E-state index in [1.54, 1.807) is 6.07 Å². The van der Waals surface area contributed by atoms with Crippen molar-refractivity contribution >= 4 is 33.4 Å². The van der Waals surface area contributed by atoms with Gasteiger partial charge in [0.2, 0.25) is 5.91 Å². The van der Waals surface area contributed by atoms with Gasteiger partial charge < -0.3 is 15.0 Å². The van der Waals surface area contributed by atoms with Crippen LogP contribution in [0.3, 0.4) is 0 Å². The molecule has 2 aromatic rings. The number of sulfonamides is 1. The molecule has 0 unspecified atom stereocenters. The van der Waals surface area contributed by atoms with Crippen LogP contribution in [0.5, 0.6) is 0 Å². The number of hydroxylamine groups is 1. The molecule has 4 rings (SSSR count). The number of rotatable bonds is 6. The number of benzene rings is 1. The first-order valence-corrected chi connectivity index (χ1v) is 12.1. The van der Waals surface area contributed by atoms with Crippen LogP contribution in [0.4, 0.5) is 25.0 Å². The van der Waals surface area contributed by atoms with Gasteiger partial charge in [-0.3, -0.25) is 14.5 Å². The molecule has 0 radical (unpaired) electrons. The lowest BCUT2D eigenvalue weighted by Crippen LogP contribution is -2.35. The highest BCUT2D eigenvalue weighted by atomic mass is 32.2. The summed E-state index contributed by atoms with van der Waals surface area (Å²) in [6, 6.07) is 6.44. The number of aromatic nitrogens is 1. The molecule has 2 fully saturated rings. The number of cyclic esters (lactones) is 1. The molecule has 14 heteroatoms. The van der Waals surface area contributed by atoms with Gasteiger partial charge in [0.25, 0.3) is 10.0 Å². The van der Waals surface area contributed by atoms with Crippen LogP contribution in [0.1, 0.15) is 6.92 Å². The Morgan fingerprint density at radius 2 is 1.94 bits per heavy atom. The first-order chi connectivity index (χ1) is 16.7. The molecule has 2 aliphatic rings.